The first kappa shape index (κ1) is 15.7. The van der Waals surface area contributed by atoms with E-state index in [1.165, 1.54) is 4.90 Å². The van der Waals surface area contributed by atoms with Crippen molar-refractivity contribution < 1.29 is 13.2 Å². The molecule has 1 aromatic heterocycles. The fourth-order valence-electron chi connectivity index (χ4n) is 3.40. The van der Waals surface area contributed by atoms with Gasteiger partial charge in [-0.2, -0.15) is 18.4 Å². The second-order valence-electron chi connectivity index (χ2n) is 5.80. The van der Waals surface area contributed by atoms with Gasteiger partial charge in [0.25, 0.3) is 0 Å². The molecule has 1 aromatic rings. The van der Waals surface area contributed by atoms with Gasteiger partial charge in [-0.1, -0.05) is 12.2 Å². The number of hydrogen-bond donors (Lipinski definition) is 0. The lowest BCUT2D eigenvalue weighted by Crippen LogP contribution is -2.52. The van der Waals surface area contributed by atoms with Gasteiger partial charge >= 0.3 is 6.18 Å². The number of nitriles is 1. The SMILES string of the molecule is N#CC1(c2cncc(I)c2)CC2C=C[C@@H](C1)N2CC(F)(F)F. The maximum absolute atomic E-state index is 12.7. The number of fused-ring (bicyclic) bond motifs is 2. The van der Waals surface area contributed by atoms with E-state index in [1.54, 1.807) is 24.5 Å². The van der Waals surface area contributed by atoms with Crippen molar-refractivity contribution in [2.24, 2.45) is 0 Å². The summed E-state index contributed by atoms with van der Waals surface area (Å²) in [5.41, 5.74) is 0.0297. The molecule has 1 fully saturated rings. The fraction of sp³-hybridized carbons (Fsp3) is 0.467. The molecule has 0 saturated carbocycles. The van der Waals surface area contributed by atoms with Crippen LogP contribution in [0.4, 0.5) is 13.2 Å². The van der Waals surface area contributed by atoms with Crippen LogP contribution < -0.4 is 0 Å². The van der Waals surface area contributed by atoms with Crippen molar-refractivity contribution in [3.8, 4) is 6.07 Å². The molecule has 116 valence electrons. The van der Waals surface area contributed by atoms with Gasteiger partial charge < -0.3 is 0 Å². The highest BCUT2D eigenvalue weighted by atomic mass is 127. The first-order chi connectivity index (χ1) is 10.3. The Labute approximate surface area is 140 Å². The van der Waals surface area contributed by atoms with E-state index in [9.17, 15) is 18.4 Å². The van der Waals surface area contributed by atoms with Gasteiger partial charge in [0.05, 0.1) is 18.0 Å². The summed E-state index contributed by atoms with van der Waals surface area (Å²) in [6.07, 6.45) is 3.47. The summed E-state index contributed by atoms with van der Waals surface area (Å²) in [4.78, 5) is 5.57. The third-order valence-electron chi connectivity index (χ3n) is 4.36. The van der Waals surface area contributed by atoms with Crippen LogP contribution in [-0.2, 0) is 5.41 Å². The molecule has 0 aromatic carbocycles. The lowest BCUT2D eigenvalue weighted by atomic mass is 9.71. The van der Waals surface area contributed by atoms with Crippen LogP contribution in [0.2, 0.25) is 0 Å². The number of rotatable bonds is 2. The molecule has 1 saturated heterocycles. The van der Waals surface area contributed by atoms with Crippen LogP contribution in [0.3, 0.4) is 0 Å². The van der Waals surface area contributed by atoms with Crippen molar-refractivity contribution in [2.75, 3.05) is 6.54 Å². The monoisotopic (exact) mass is 419 g/mol. The summed E-state index contributed by atoms with van der Waals surface area (Å²) < 4.78 is 39.1. The molecule has 0 aliphatic carbocycles. The maximum Gasteiger partial charge on any atom is 0.401 e. The molecule has 0 N–H and O–H groups in total. The Balaban J connectivity index is 1.89. The van der Waals surface area contributed by atoms with Gasteiger partial charge in [0.2, 0.25) is 0 Å². The molecule has 0 radical (unpaired) electrons. The van der Waals surface area contributed by atoms with E-state index < -0.39 is 18.1 Å². The molecule has 2 aliphatic rings. The minimum atomic E-state index is -4.22. The number of alkyl halides is 3. The van der Waals surface area contributed by atoms with Gasteiger partial charge in [0.1, 0.15) is 0 Å². The van der Waals surface area contributed by atoms with Gasteiger partial charge in [-0.3, -0.25) is 9.88 Å². The Bertz CT molecular complexity index is 634. The normalized spacial score (nSPS) is 31.2. The average molecular weight is 419 g/mol. The minimum absolute atomic E-state index is 0.349. The highest BCUT2D eigenvalue weighted by Gasteiger charge is 2.50. The first-order valence-corrected chi connectivity index (χ1v) is 7.94. The van der Waals surface area contributed by atoms with Gasteiger partial charge in [-0.15, -0.1) is 0 Å². The van der Waals surface area contributed by atoms with Crippen LogP contribution in [0.1, 0.15) is 18.4 Å². The number of pyridine rings is 1. The number of hydrogen-bond acceptors (Lipinski definition) is 3. The average Bonchev–Trinajstić information content (AvgIpc) is 2.69. The molecule has 22 heavy (non-hydrogen) atoms. The number of halogens is 4. The lowest BCUT2D eigenvalue weighted by molar-refractivity contribution is -0.155. The molecular formula is C15H13F3IN3. The zero-order chi connectivity index (χ0) is 16.0. The van der Waals surface area contributed by atoms with Crippen molar-refractivity contribution in [1.29, 1.82) is 5.26 Å². The van der Waals surface area contributed by atoms with Crippen LogP contribution in [0.5, 0.6) is 0 Å². The second kappa shape index (κ2) is 5.49. The van der Waals surface area contributed by atoms with Crippen LogP contribution in [0.25, 0.3) is 0 Å². The Morgan fingerprint density at radius 3 is 2.45 bits per heavy atom. The van der Waals surface area contributed by atoms with Crippen molar-refractivity contribution in [3.05, 3.63) is 39.7 Å². The lowest BCUT2D eigenvalue weighted by Gasteiger charge is -2.43. The molecule has 0 amide bonds. The molecule has 3 atom stereocenters. The highest BCUT2D eigenvalue weighted by molar-refractivity contribution is 14.1. The van der Waals surface area contributed by atoms with E-state index in [2.05, 4.69) is 33.6 Å². The third-order valence-corrected chi connectivity index (χ3v) is 4.95. The van der Waals surface area contributed by atoms with E-state index in [-0.39, 0.29) is 12.1 Å². The van der Waals surface area contributed by atoms with Crippen LogP contribution >= 0.6 is 22.6 Å². The predicted molar refractivity (Wildman–Crippen MR) is 83.0 cm³/mol. The van der Waals surface area contributed by atoms with Crippen molar-refractivity contribution in [3.63, 3.8) is 0 Å². The molecule has 3 rings (SSSR count). The highest BCUT2D eigenvalue weighted by Crippen LogP contribution is 2.45. The second-order valence-corrected chi connectivity index (χ2v) is 7.05. The standard InChI is InChI=1S/C15H13F3IN3/c16-15(17,18)9-22-12-1-2-13(22)5-14(4-12,8-20)10-3-11(19)7-21-6-10/h1-3,6-7,12-13H,4-5,9H2/t12-,13?,14?/m0/s1. The van der Waals surface area contributed by atoms with Gasteiger partial charge in [-0.25, -0.2) is 0 Å². The first-order valence-electron chi connectivity index (χ1n) is 6.86. The largest absolute Gasteiger partial charge is 0.401 e. The minimum Gasteiger partial charge on any atom is -0.282 e. The molecule has 3 nitrogen and oxygen atoms in total. The van der Waals surface area contributed by atoms with Crippen LogP contribution in [0.15, 0.2) is 30.6 Å². The molecule has 3 heterocycles. The zero-order valence-electron chi connectivity index (χ0n) is 11.5. The molecule has 2 unspecified atom stereocenters. The van der Waals surface area contributed by atoms with E-state index >= 15 is 0 Å². The Morgan fingerprint density at radius 2 is 1.95 bits per heavy atom. The summed E-state index contributed by atoms with van der Waals surface area (Å²) in [5, 5.41) is 9.72. The number of nitrogens with zero attached hydrogens (tertiary/aromatic N) is 3. The summed E-state index contributed by atoms with van der Waals surface area (Å²) in [5.74, 6) is 0. The van der Waals surface area contributed by atoms with E-state index in [0.717, 1.165) is 9.13 Å². The summed E-state index contributed by atoms with van der Waals surface area (Å²) in [7, 11) is 0. The Kier molecular flexibility index (Phi) is 3.93. The maximum atomic E-state index is 12.7. The quantitative estimate of drug-likeness (QED) is 0.545. The Morgan fingerprint density at radius 1 is 1.32 bits per heavy atom. The summed E-state index contributed by atoms with van der Waals surface area (Å²) in [6.45, 7) is -0.929. The predicted octanol–water partition coefficient (Wildman–Crippen LogP) is 3.41. The molecule has 2 aliphatic heterocycles. The molecule has 0 spiro atoms. The molecule has 7 heteroatoms. The summed E-state index contributed by atoms with van der Waals surface area (Å²) >= 11 is 2.13. The van der Waals surface area contributed by atoms with Crippen LogP contribution in [0, 0.1) is 14.9 Å². The number of piperidine rings is 1. The smallest absolute Gasteiger partial charge is 0.282 e. The fourth-order valence-corrected chi connectivity index (χ4v) is 3.89. The van der Waals surface area contributed by atoms with Gasteiger partial charge in [0, 0.05) is 28.0 Å². The van der Waals surface area contributed by atoms with Crippen molar-refractivity contribution in [1.82, 2.24) is 9.88 Å². The van der Waals surface area contributed by atoms with Gasteiger partial charge in [-0.05, 0) is 47.1 Å². The summed E-state index contributed by atoms with van der Waals surface area (Å²) in [6, 6.07) is 3.55. The van der Waals surface area contributed by atoms with Crippen LogP contribution in [-0.4, -0.2) is 34.7 Å². The molecule has 2 bridgehead atoms. The van der Waals surface area contributed by atoms with E-state index in [4.69, 9.17) is 0 Å². The number of aromatic nitrogens is 1. The van der Waals surface area contributed by atoms with E-state index in [0.29, 0.717) is 12.8 Å². The van der Waals surface area contributed by atoms with Gasteiger partial charge in [0.15, 0.2) is 0 Å². The van der Waals surface area contributed by atoms with Crippen molar-refractivity contribution in [2.45, 2.75) is 36.5 Å². The van der Waals surface area contributed by atoms with Crippen molar-refractivity contribution >= 4 is 22.6 Å². The van der Waals surface area contributed by atoms with E-state index in [1.807, 2.05) is 6.07 Å². The molecular weight excluding hydrogens is 406 g/mol. The topological polar surface area (TPSA) is 39.9 Å². The Hall–Kier alpha value is -1.14. The zero-order valence-corrected chi connectivity index (χ0v) is 13.7. The third kappa shape index (κ3) is 2.86.